The number of aliphatic imine (C=N–C) groups is 1. The van der Waals surface area contributed by atoms with Crippen molar-refractivity contribution in [1.82, 2.24) is 40.7 Å². The zero-order valence-electron chi connectivity index (χ0n) is 45.8. The van der Waals surface area contributed by atoms with Crippen LogP contribution in [0.1, 0.15) is 82.7 Å². The molecule has 3 N–H and O–H groups in total. The number of rotatable bonds is 38. The molecule has 2 fully saturated rings. The van der Waals surface area contributed by atoms with Crippen LogP contribution in [0, 0.1) is 34.2 Å². The molecule has 0 radical (unpaired) electrons. The van der Waals surface area contributed by atoms with E-state index in [0.717, 1.165) is 114 Å². The molecule has 1 spiro atoms. The van der Waals surface area contributed by atoms with Crippen LogP contribution in [0.25, 0.3) is 0 Å². The van der Waals surface area contributed by atoms with E-state index in [-0.39, 0.29) is 44.9 Å². The molecular formula is C54H81F3N11O10P. The van der Waals surface area contributed by atoms with Crippen LogP contribution < -0.4 is 25.2 Å². The first-order chi connectivity index (χ1) is 38.6. The first-order valence-electron chi connectivity index (χ1n) is 27.6. The molecule has 438 valence electrons. The predicted molar refractivity (Wildman–Crippen MR) is 291 cm³/mol. The van der Waals surface area contributed by atoms with Gasteiger partial charge in [0.15, 0.2) is 31.6 Å². The van der Waals surface area contributed by atoms with Gasteiger partial charge < -0.3 is 57.9 Å². The van der Waals surface area contributed by atoms with Crippen LogP contribution in [-0.2, 0) is 50.9 Å². The van der Waals surface area contributed by atoms with E-state index in [4.69, 9.17) is 42.6 Å². The van der Waals surface area contributed by atoms with Crippen molar-refractivity contribution in [3.63, 3.8) is 0 Å². The quantitative estimate of drug-likeness (QED) is 0.0166. The third-order valence-corrected chi connectivity index (χ3v) is 13.7. The largest absolute Gasteiger partial charge is 0.490 e. The molecule has 0 saturated carbocycles. The molecule has 3 aliphatic heterocycles. The Morgan fingerprint density at radius 1 is 0.835 bits per heavy atom. The van der Waals surface area contributed by atoms with Crippen molar-refractivity contribution in [1.29, 1.82) is 5.41 Å². The number of anilines is 1. The number of halogens is 3. The lowest BCUT2D eigenvalue weighted by atomic mass is 9.73. The lowest BCUT2D eigenvalue weighted by Crippen LogP contribution is -2.64. The van der Waals surface area contributed by atoms with Crippen molar-refractivity contribution in [2.75, 3.05) is 137 Å². The molecule has 21 nitrogen and oxygen atoms in total. The lowest BCUT2D eigenvalue weighted by Gasteiger charge is -2.55. The summed E-state index contributed by atoms with van der Waals surface area (Å²) in [6, 6.07) is 1.11. The minimum absolute atomic E-state index is 0.0153. The maximum absolute atomic E-state index is 13.7. The van der Waals surface area contributed by atoms with Crippen LogP contribution in [0.2, 0.25) is 0 Å². The summed E-state index contributed by atoms with van der Waals surface area (Å²) in [5, 5.41) is 17.5. The Morgan fingerprint density at radius 3 is 2.19 bits per heavy atom. The number of nitrogens with zero attached hydrogens (tertiary/aromatic N) is 8. The average molecular weight is 1130 g/mol. The number of piperidine rings is 1. The van der Waals surface area contributed by atoms with Crippen molar-refractivity contribution >= 4 is 26.0 Å². The molecule has 6 rings (SSSR count). The van der Waals surface area contributed by atoms with Crippen molar-refractivity contribution in [3.05, 3.63) is 78.0 Å². The standard InChI is InChI=1S/C54H81F3N11O10P/c1-42(78-51-48(56)30-44(55)31-49(51)57)12-21-70-17-5-3-6-18-71-23-25-73-22-16-68-35-45(64-65-68)37-75-28-27-74-26-24-72-19-7-4-8-20-77-46-32-60-53(61-33-46)66-15-10-13-54(38-66)39-67(40-54)52(58)47-34-63-62-14-9-11-43(29-50(47)59-2)36-76-41-79-69/h30-35,43,58,62-63H,1,3-29,36-41H2,2H3. The predicted octanol–water partition coefficient (Wildman–Crippen LogP) is 7.48. The molecule has 1 unspecified atom stereocenters. The highest BCUT2D eigenvalue weighted by atomic mass is 31.1. The van der Waals surface area contributed by atoms with Crippen molar-refractivity contribution in [3.8, 4) is 11.5 Å². The number of benzene rings is 1. The topological polar surface area (TPSA) is 223 Å². The molecule has 3 aliphatic rings. The maximum atomic E-state index is 13.7. The normalized spacial score (nSPS) is 17.2. The molecule has 1 atom stereocenters. The van der Waals surface area contributed by atoms with Crippen LogP contribution in [-0.4, -0.2) is 173 Å². The summed E-state index contributed by atoms with van der Waals surface area (Å²) in [5.74, 6) is -1.76. The fourth-order valence-corrected chi connectivity index (χ4v) is 9.49. The third kappa shape index (κ3) is 23.1. The summed E-state index contributed by atoms with van der Waals surface area (Å²) in [6.45, 7) is 15.1. The van der Waals surface area contributed by atoms with E-state index in [2.05, 4.69) is 52.5 Å². The van der Waals surface area contributed by atoms with Crippen LogP contribution in [0.15, 0.2) is 59.8 Å². The first-order valence-corrected chi connectivity index (χ1v) is 28.6. The van der Waals surface area contributed by atoms with Crippen LogP contribution in [0.3, 0.4) is 0 Å². The highest BCUT2D eigenvalue weighted by molar-refractivity contribution is 7.23. The summed E-state index contributed by atoms with van der Waals surface area (Å²) in [6.07, 6.45) is 17.8. The van der Waals surface area contributed by atoms with E-state index in [0.29, 0.717) is 129 Å². The van der Waals surface area contributed by atoms with Gasteiger partial charge in [0.1, 0.15) is 23.7 Å². The second-order valence-corrected chi connectivity index (χ2v) is 20.3. The third-order valence-electron chi connectivity index (χ3n) is 13.4. The van der Waals surface area contributed by atoms with Gasteiger partial charge in [-0.3, -0.25) is 15.0 Å². The molecule has 5 heterocycles. The number of hydrogen-bond acceptors (Lipinski definition) is 19. The van der Waals surface area contributed by atoms with Crippen LogP contribution >= 0.6 is 8.46 Å². The number of nitrogens with one attached hydrogen (secondary N) is 3. The fourth-order valence-electron chi connectivity index (χ4n) is 9.31. The van der Waals surface area contributed by atoms with Gasteiger partial charge >= 0.3 is 0 Å². The number of hydrazine groups is 1. The SMILES string of the molecule is C=C(CCOCCCCCOCCOCCn1cc(COCCOCCOCCCCCOc2cnc(N3CCCC4(CN(C(=N)C5=CNNCCCC(COCP=O)CC5=NC)C4)C3)nc2)nn1)Oc1c(F)cc(F)cc1F. The molecule has 0 aliphatic carbocycles. The monoisotopic (exact) mass is 1130 g/mol. The molecule has 2 saturated heterocycles. The fraction of sp³-hybridized carbons (Fsp3) is 0.667. The number of aromatic nitrogens is 5. The first kappa shape index (κ1) is 63.0. The van der Waals surface area contributed by atoms with Gasteiger partial charge in [0.2, 0.25) is 5.95 Å². The Balaban J connectivity index is 0.693. The second kappa shape index (κ2) is 36.2. The Morgan fingerprint density at radius 2 is 1.49 bits per heavy atom. The summed E-state index contributed by atoms with van der Waals surface area (Å²) >= 11 is 0. The molecule has 3 aromatic rings. The van der Waals surface area contributed by atoms with Gasteiger partial charge in [-0.15, -0.1) is 5.10 Å². The molecule has 0 bridgehead atoms. The summed E-state index contributed by atoms with van der Waals surface area (Å²) in [5.41, 5.74) is 8.86. The van der Waals surface area contributed by atoms with E-state index in [1.54, 1.807) is 24.1 Å². The Bertz CT molecular complexity index is 2310. The molecular weight excluding hydrogens is 1050 g/mol. The van der Waals surface area contributed by atoms with Gasteiger partial charge in [-0.1, -0.05) is 11.8 Å². The molecule has 79 heavy (non-hydrogen) atoms. The molecule has 2 aromatic heterocycles. The van der Waals surface area contributed by atoms with Crippen LogP contribution in [0.5, 0.6) is 11.5 Å². The zero-order chi connectivity index (χ0) is 55.8. The smallest absolute Gasteiger partial charge is 0.225 e. The summed E-state index contributed by atoms with van der Waals surface area (Å²) < 4.78 is 104. The minimum atomic E-state index is -1.12. The zero-order valence-corrected chi connectivity index (χ0v) is 46.7. The van der Waals surface area contributed by atoms with E-state index in [9.17, 15) is 23.1 Å². The van der Waals surface area contributed by atoms with E-state index >= 15 is 0 Å². The van der Waals surface area contributed by atoms with Gasteiger partial charge in [0, 0.05) is 95.5 Å². The van der Waals surface area contributed by atoms with Crippen molar-refractivity contribution in [2.45, 2.75) is 90.2 Å². The minimum Gasteiger partial charge on any atom is -0.490 e. The van der Waals surface area contributed by atoms with Gasteiger partial charge in [0.05, 0.1) is 109 Å². The van der Waals surface area contributed by atoms with E-state index in [1.807, 2.05) is 12.4 Å². The number of unbranched alkanes of at least 4 members (excludes halogenated alkanes) is 4. The maximum Gasteiger partial charge on any atom is 0.225 e. The van der Waals surface area contributed by atoms with Gasteiger partial charge in [-0.05, 0) is 76.5 Å². The van der Waals surface area contributed by atoms with E-state index in [1.165, 1.54) is 0 Å². The van der Waals surface area contributed by atoms with Crippen molar-refractivity contribution in [2.24, 2.45) is 16.3 Å². The van der Waals surface area contributed by atoms with E-state index < -0.39 is 23.2 Å². The Kier molecular flexibility index (Phi) is 28.9. The van der Waals surface area contributed by atoms with Gasteiger partial charge in [-0.2, -0.15) is 0 Å². The van der Waals surface area contributed by atoms with Crippen molar-refractivity contribution < 1.29 is 60.4 Å². The van der Waals surface area contributed by atoms with Gasteiger partial charge in [0.25, 0.3) is 0 Å². The Hall–Kier alpha value is -5.17. The number of hydrogen-bond donors (Lipinski definition) is 3. The molecule has 25 heteroatoms. The number of amidine groups is 1. The Labute approximate surface area is 464 Å². The summed E-state index contributed by atoms with van der Waals surface area (Å²) in [7, 11) is 1.77. The average Bonchev–Trinajstić information content (AvgIpc) is 4.00. The highest BCUT2D eigenvalue weighted by Gasteiger charge is 2.47. The lowest BCUT2D eigenvalue weighted by molar-refractivity contribution is 0.00939. The number of likely N-dealkylation sites (tertiary alicyclic amines) is 1. The second-order valence-electron chi connectivity index (χ2n) is 19.7. The van der Waals surface area contributed by atoms with Gasteiger partial charge in [-0.25, -0.2) is 33.2 Å². The molecule has 0 amide bonds. The van der Waals surface area contributed by atoms with Crippen LogP contribution in [0.4, 0.5) is 19.1 Å². The summed E-state index contributed by atoms with van der Waals surface area (Å²) in [4.78, 5) is 18.4. The highest BCUT2D eigenvalue weighted by Crippen LogP contribution is 2.41. The number of ether oxygens (including phenoxy) is 9. The molecule has 1 aromatic carbocycles.